The van der Waals surface area contributed by atoms with Crippen molar-refractivity contribution in [2.75, 3.05) is 69.0 Å². The van der Waals surface area contributed by atoms with Crippen LogP contribution in [0.3, 0.4) is 0 Å². The fraction of sp³-hybridized carbons (Fsp3) is 0.355. The lowest BCUT2D eigenvalue weighted by Gasteiger charge is -2.32. The number of carboxylic acids is 1. The van der Waals surface area contributed by atoms with Gasteiger partial charge in [-0.2, -0.15) is 0 Å². The quantitative estimate of drug-likeness (QED) is 0.402. The second-order valence-electron chi connectivity index (χ2n) is 10.7. The zero-order valence-corrected chi connectivity index (χ0v) is 24.9. The summed E-state index contributed by atoms with van der Waals surface area (Å²) in [4.78, 5) is 31.2. The summed E-state index contributed by atoms with van der Waals surface area (Å²) in [5.41, 5.74) is 2.74. The van der Waals surface area contributed by atoms with Crippen LogP contribution in [0.2, 0.25) is 10.0 Å². The van der Waals surface area contributed by atoms with Crippen LogP contribution in [-0.4, -0.2) is 81.1 Å². The predicted molar refractivity (Wildman–Crippen MR) is 163 cm³/mol. The number of benzene rings is 3. The maximum Gasteiger partial charge on any atom is 0.337 e. The maximum absolute atomic E-state index is 15.5. The van der Waals surface area contributed by atoms with Gasteiger partial charge < -0.3 is 34.6 Å². The number of carbonyl (C=O) groups excluding carboxylic acids is 1. The molecule has 2 N–H and O–H groups in total. The topological polar surface area (TPSA) is 94.6 Å². The monoisotopic (exact) mass is 628 g/mol. The molecule has 0 saturated carbocycles. The number of carboxylic acid groups (broad SMARTS) is 1. The molecule has 0 bridgehead atoms. The van der Waals surface area contributed by atoms with Gasteiger partial charge in [-0.1, -0.05) is 41.4 Å². The summed E-state index contributed by atoms with van der Waals surface area (Å²) < 4.78 is 26.9. The van der Waals surface area contributed by atoms with Crippen molar-refractivity contribution in [1.82, 2.24) is 10.2 Å². The summed E-state index contributed by atoms with van der Waals surface area (Å²) in [6.07, 6.45) is 0.991. The Bertz CT molecular complexity index is 1530. The van der Waals surface area contributed by atoms with E-state index in [1.165, 1.54) is 4.90 Å². The van der Waals surface area contributed by atoms with E-state index >= 15 is 4.39 Å². The van der Waals surface area contributed by atoms with E-state index in [-0.39, 0.29) is 45.9 Å². The number of halogens is 3. The number of carbonyl (C=O) groups is 2. The van der Waals surface area contributed by atoms with Crippen LogP contribution in [0.1, 0.15) is 32.7 Å². The predicted octanol–water partition coefficient (Wildman–Crippen LogP) is 5.13. The summed E-state index contributed by atoms with van der Waals surface area (Å²) >= 11 is 13.3. The van der Waals surface area contributed by atoms with Crippen LogP contribution in [0, 0.1) is 5.82 Å². The number of anilines is 2. The Kier molecular flexibility index (Phi) is 8.63. The number of morpholine rings is 1. The molecular weight excluding hydrogens is 598 g/mol. The van der Waals surface area contributed by atoms with Gasteiger partial charge in [0.15, 0.2) is 6.73 Å². The van der Waals surface area contributed by atoms with E-state index in [0.717, 1.165) is 44.4 Å². The summed E-state index contributed by atoms with van der Waals surface area (Å²) in [6, 6.07) is 11.5. The fourth-order valence-corrected chi connectivity index (χ4v) is 6.47. The smallest absolute Gasteiger partial charge is 0.337 e. The third kappa shape index (κ3) is 5.97. The highest BCUT2D eigenvalue weighted by Gasteiger charge is 2.30. The summed E-state index contributed by atoms with van der Waals surface area (Å²) in [5, 5.41) is 13.7. The molecule has 2 saturated heterocycles. The standard InChI is InChI=1S/C31H31Cl2FN4O5/c32-24-13-20(36-7-2-5-35-6-8-36)14-25(33)28(24)30(39)38-17-19-3-1-4-21(29(19)43-18-38)22-16-27(37-9-11-42-12-10-37)23(31(40)41)15-26(22)34/h1,3-4,13-16,35H,2,5-12,17-18H2,(H,40,41). The molecule has 3 aliphatic rings. The normalized spacial score (nSPS) is 17.2. The molecule has 3 heterocycles. The molecule has 0 radical (unpaired) electrons. The van der Waals surface area contributed by atoms with Gasteiger partial charge in [-0.05, 0) is 37.2 Å². The number of hydrogen-bond acceptors (Lipinski definition) is 7. The molecule has 0 spiro atoms. The fourth-order valence-electron chi connectivity index (χ4n) is 5.83. The molecule has 0 atom stereocenters. The van der Waals surface area contributed by atoms with Crippen molar-refractivity contribution < 1.29 is 28.6 Å². The molecular formula is C31H31Cl2FN4O5. The zero-order valence-electron chi connectivity index (χ0n) is 23.4. The van der Waals surface area contributed by atoms with Crippen LogP contribution in [0.5, 0.6) is 5.75 Å². The number of para-hydroxylation sites is 1. The number of nitrogens with one attached hydrogen (secondary N) is 1. The number of amides is 1. The molecule has 3 aromatic carbocycles. The van der Waals surface area contributed by atoms with E-state index in [2.05, 4.69) is 10.2 Å². The molecule has 3 aromatic rings. The first-order valence-corrected chi connectivity index (χ1v) is 15.0. The lowest BCUT2D eigenvalue weighted by atomic mass is 9.97. The van der Waals surface area contributed by atoms with Gasteiger partial charge in [-0.3, -0.25) is 4.79 Å². The molecule has 12 heteroatoms. The Morgan fingerprint density at radius 3 is 2.44 bits per heavy atom. The van der Waals surface area contributed by atoms with Crippen LogP contribution in [0.4, 0.5) is 15.8 Å². The SMILES string of the molecule is O=C(O)c1cc(F)c(-c2cccc3c2OCN(C(=O)c2c(Cl)cc(N4CCCNCC4)cc2Cl)C3)cc1N1CCOCC1. The van der Waals surface area contributed by atoms with Gasteiger partial charge in [0.25, 0.3) is 5.91 Å². The van der Waals surface area contributed by atoms with Gasteiger partial charge in [-0.15, -0.1) is 0 Å². The van der Waals surface area contributed by atoms with Crippen LogP contribution >= 0.6 is 23.2 Å². The van der Waals surface area contributed by atoms with Gasteiger partial charge in [0.2, 0.25) is 0 Å². The first kappa shape index (κ1) is 29.5. The first-order valence-electron chi connectivity index (χ1n) is 14.2. The third-order valence-electron chi connectivity index (χ3n) is 8.01. The van der Waals surface area contributed by atoms with Crippen LogP contribution in [0.25, 0.3) is 11.1 Å². The van der Waals surface area contributed by atoms with Crippen LogP contribution in [-0.2, 0) is 11.3 Å². The van der Waals surface area contributed by atoms with Crippen LogP contribution < -0.4 is 19.9 Å². The Balaban J connectivity index is 1.28. The largest absolute Gasteiger partial charge is 0.478 e. The van der Waals surface area contributed by atoms with Crippen molar-refractivity contribution >= 4 is 46.5 Å². The minimum Gasteiger partial charge on any atom is -0.478 e. The Morgan fingerprint density at radius 1 is 0.930 bits per heavy atom. The van der Waals surface area contributed by atoms with E-state index in [9.17, 15) is 14.7 Å². The Labute approximate surface area is 258 Å². The lowest BCUT2D eigenvalue weighted by Crippen LogP contribution is -2.38. The average molecular weight is 630 g/mol. The van der Waals surface area contributed by atoms with Crippen molar-refractivity contribution in [3.63, 3.8) is 0 Å². The minimum atomic E-state index is -1.21. The van der Waals surface area contributed by atoms with Crippen molar-refractivity contribution in [2.45, 2.75) is 13.0 Å². The highest BCUT2D eigenvalue weighted by atomic mass is 35.5. The van der Waals surface area contributed by atoms with Crippen molar-refractivity contribution in [3.05, 3.63) is 75.0 Å². The molecule has 0 aliphatic carbocycles. The van der Waals surface area contributed by atoms with E-state index in [1.807, 2.05) is 11.0 Å². The number of hydrogen-bond donors (Lipinski definition) is 2. The highest BCUT2D eigenvalue weighted by Crippen LogP contribution is 2.41. The lowest BCUT2D eigenvalue weighted by molar-refractivity contribution is 0.0516. The molecule has 1 amide bonds. The van der Waals surface area contributed by atoms with Gasteiger partial charge in [-0.25, -0.2) is 9.18 Å². The summed E-state index contributed by atoms with van der Waals surface area (Å²) in [6.45, 7) is 5.45. The van der Waals surface area contributed by atoms with Gasteiger partial charge in [0.05, 0.1) is 46.6 Å². The van der Waals surface area contributed by atoms with E-state index in [4.69, 9.17) is 32.7 Å². The van der Waals surface area contributed by atoms with Gasteiger partial charge >= 0.3 is 5.97 Å². The molecule has 2 fully saturated rings. The minimum absolute atomic E-state index is 0.0970. The molecule has 43 heavy (non-hydrogen) atoms. The highest BCUT2D eigenvalue weighted by molar-refractivity contribution is 6.40. The molecule has 0 aromatic heterocycles. The Hall–Kier alpha value is -3.57. The van der Waals surface area contributed by atoms with Gasteiger partial charge in [0.1, 0.15) is 11.6 Å². The van der Waals surface area contributed by atoms with E-state index in [1.54, 1.807) is 30.3 Å². The average Bonchev–Trinajstić information content (AvgIpc) is 3.30. The zero-order chi connectivity index (χ0) is 30.1. The first-order chi connectivity index (χ1) is 20.8. The molecule has 9 nitrogen and oxygen atoms in total. The number of fused-ring (bicyclic) bond motifs is 1. The number of nitrogens with zero attached hydrogens (tertiary/aromatic N) is 3. The molecule has 226 valence electrons. The van der Waals surface area contributed by atoms with Crippen molar-refractivity contribution in [3.8, 4) is 16.9 Å². The summed E-state index contributed by atoms with van der Waals surface area (Å²) in [7, 11) is 0. The second-order valence-corrected chi connectivity index (χ2v) is 11.5. The second kappa shape index (κ2) is 12.6. The number of aromatic carboxylic acids is 1. The van der Waals surface area contributed by atoms with E-state index in [0.29, 0.717) is 48.9 Å². The number of rotatable bonds is 5. The molecule has 3 aliphatic heterocycles. The molecule has 6 rings (SSSR count). The third-order valence-corrected chi connectivity index (χ3v) is 8.61. The number of ether oxygens (including phenoxy) is 2. The summed E-state index contributed by atoms with van der Waals surface area (Å²) in [5.74, 6) is -1.82. The van der Waals surface area contributed by atoms with Gasteiger partial charge in [0, 0.05) is 55.1 Å². The van der Waals surface area contributed by atoms with Crippen LogP contribution in [0.15, 0.2) is 42.5 Å². The van der Waals surface area contributed by atoms with Crippen molar-refractivity contribution in [1.29, 1.82) is 0 Å². The molecule has 0 unspecified atom stereocenters. The van der Waals surface area contributed by atoms with Crippen molar-refractivity contribution in [2.24, 2.45) is 0 Å². The maximum atomic E-state index is 15.5. The Morgan fingerprint density at radius 2 is 1.70 bits per heavy atom. The van der Waals surface area contributed by atoms with E-state index < -0.39 is 11.8 Å².